The largest absolute Gasteiger partial charge is 0.273 e. The molecule has 2 aliphatic rings. The van der Waals surface area contributed by atoms with E-state index >= 15 is 0 Å². The van der Waals surface area contributed by atoms with Crippen LogP contribution in [0.25, 0.3) is 0 Å². The van der Waals surface area contributed by atoms with Gasteiger partial charge in [-0.25, -0.2) is 27.0 Å². The number of carbonyl (C=O) groups excluding carboxylic acids is 1. The minimum atomic E-state index is -2.22. The second-order valence-electron chi connectivity index (χ2n) is 7.49. The zero-order valence-electron chi connectivity index (χ0n) is 15.3. The first kappa shape index (κ1) is 19.8. The Balaban J connectivity index is 1.47. The van der Waals surface area contributed by atoms with Gasteiger partial charge in [0.25, 0.3) is 0 Å². The Hall–Kier alpha value is -2.48. The Bertz CT molecular complexity index is 907. The third-order valence-corrected chi connectivity index (χ3v) is 5.85. The molecule has 0 unspecified atom stereocenters. The van der Waals surface area contributed by atoms with Gasteiger partial charge in [0.2, 0.25) is 11.7 Å². The fourth-order valence-corrected chi connectivity index (χ4v) is 4.38. The lowest BCUT2D eigenvalue weighted by molar-refractivity contribution is -0.199. The number of nitrogens with zero attached hydrogens (tertiary/aromatic N) is 1. The highest BCUT2D eigenvalue weighted by atomic mass is 19.2. The molecule has 1 aliphatic carbocycles. The molecule has 1 aliphatic heterocycles. The number of rotatable bonds is 4. The highest BCUT2D eigenvalue weighted by Crippen LogP contribution is 2.43. The molecular weight excluding hydrogens is 393 g/mol. The molecule has 1 heterocycles. The Kier molecular flexibility index (Phi) is 5.29. The van der Waals surface area contributed by atoms with Gasteiger partial charge in [0, 0.05) is 6.42 Å². The van der Waals surface area contributed by atoms with E-state index in [1.165, 1.54) is 5.56 Å². The van der Waals surface area contributed by atoms with Crippen molar-refractivity contribution < 1.29 is 31.6 Å². The van der Waals surface area contributed by atoms with E-state index in [0.717, 1.165) is 17.9 Å². The lowest BCUT2D eigenvalue weighted by Gasteiger charge is -2.34. The van der Waals surface area contributed by atoms with E-state index in [2.05, 4.69) is 0 Å². The topological polar surface area (TPSA) is 29.5 Å². The number of carbonyl (C=O) groups is 1. The molecule has 2 fully saturated rings. The number of fused-ring (bicyclic) bond motifs is 1. The number of hydroxylamine groups is 2. The van der Waals surface area contributed by atoms with Crippen LogP contribution in [-0.4, -0.2) is 17.0 Å². The van der Waals surface area contributed by atoms with E-state index in [0.29, 0.717) is 12.3 Å². The third-order valence-electron chi connectivity index (χ3n) is 5.85. The standard InChI is InChI=1S/C21H18F5NO2/c22-17-14(18(23)20(25)21(26)19(17)24)10-29-27-15-7-6-12(8-13(15)9-16(27)28)11-4-2-1-3-5-11/h1-5,12-13,15H,6-10H2/t12-,13+,15-/m1/s1. The molecule has 1 saturated carbocycles. The monoisotopic (exact) mass is 411 g/mol. The molecule has 0 aromatic heterocycles. The molecule has 3 atom stereocenters. The van der Waals surface area contributed by atoms with Crippen LogP contribution in [-0.2, 0) is 16.2 Å². The number of hydrogen-bond acceptors (Lipinski definition) is 2. The normalized spacial score (nSPS) is 24.1. The van der Waals surface area contributed by atoms with Gasteiger partial charge in [0.1, 0.15) is 6.61 Å². The predicted molar refractivity (Wildman–Crippen MR) is 92.8 cm³/mol. The lowest BCUT2D eigenvalue weighted by Crippen LogP contribution is -2.38. The van der Waals surface area contributed by atoms with Gasteiger partial charge < -0.3 is 0 Å². The van der Waals surface area contributed by atoms with Crippen molar-refractivity contribution in [1.29, 1.82) is 0 Å². The van der Waals surface area contributed by atoms with Crippen LogP contribution in [0.3, 0.4) is 0 Å². The molecule has 0 radical (unpaired) electrons. The van der Waals surface area contributed by atoms with Gasteiger partial charge in [0.15, 0.2) is 23.3 Å². The Morgan fingerprint density at radius 2 is 1.52 bits per heavy atom. The first-order chi connectivity index (χ1) is 13.9. The van der Waals surface area contributed by atoms with E-state index in [1.54, 1.807) is 0 Å². The Morgan fingerprint density at radius 1 is 0.897 bits per heavy atom. The zero-order chi connectivity index (χ0) is 20.7. The van der Waals surface area contributed by atoms with Crippen LogP contribution in [0.4, 0.5) is 22.0 Å². The number of amides is 1. The summed E-state index contributed by atoms with van der Waals surface area (Å²) in [5, 5.41) is 1.06. The van der Waals surface area contributed by atoms with Crippen molar-refractivity contribution in [2.75, 3.05) is 0 Å². The van der Waals surface area contributed by atoms with Gasteiger partial charge in [-0.05, 0) is 36.7 Å². The van der Waals surface area contributed by atoms with E-state index in [4.69, 9.17) is 4.84 Å². The molecule has 0 bridgehead atoms. The summed E-state index contributed by atoms with van der Waals surface area (Å²) in [7, 11) is 0. The maximum Gasteiger partial charge on any atom is 0.246 e. The molecule has 3 nitrogen and oxygen atoms in total. The van der Waals surface area contributed by atoms with Crippen molar-refractivity contribution in [2.45, 2.75) is 44.2 Å². The van der Waals surface area contributed by atoms with Crippen LogP contribution in [0, 0.1) is 35.0 Å². The summed E-state index contributed by atoms with van der Waals surface area (Å²) in [6.45, 7) is -0.914. The summed E-state index contributed by atoms with van der Waals surface area (Å²) in [5.74, 6) is -10.2. The van der Waals surface area contributed by atoms with Crippen LogP contribution in [0.5, 0.6) is 0 Å². The second kappa shape index (κ2) is 7.74. The number of hydrogen-bond donors (Lipinski definition) is 0. The van der Waals surface area contributed by atoms with E-state index in [-0.39, 0.29) is 24.3 Å². The minimum Gasteiger partial charge on any atom is -0.273 e. The van der Waals surface area contributed by atoms with Crippen molar-refractivity contribution in [3.05, 3.63) is 70.5 Å². The summed E-state index contributed by atoms with van der Waals surface area (Å²) in [6.07, 6.45) is 2.43. The van der Waals surface area contributed by atoms with Crippen LogP contribution in [0.2, 0.25) is 0 Å². The van der Waals surface area contributed by atoms with Gasteiger partial charge >= 0.3 is 0 Å². The first-order valence-corrected chi connectivity index (χ1v) is 9.38. The van der Waals surface area contributed by atoms with Crippen molar-refractivity contribution in [1.82, 2.24) is 5.06 Å². The average molecular weight is 411 g/mol. The molecule has 0 N–H and O–H groups in total. The highest BCUT2D eigenvalue weighted by molar-refractivity contribution is 5.78. The summed E-state index contributed by atoms with van der Waals surface area (Å²) >= 11 is 0. The summed E-state index contributed by atoms with van der Waals surface area (Å²) < 4.78 is 67.6. The summed E-state index contributed by atoms with van der Waals surface area (Å²) in [5.41, 5.74) is 0.106. The fraction of sp³-hybridized carbons (Fsp3) is 0.381. The average Bonchev–Trinajstić information content (AvgIpc) is 3.05. The highest BCUT2D eigenvalue weighted by Gasteiger charge is 2.44. The Morgan fingerprint density at radius 3 is 2.17 bits per heavy atom. The van der Waals surface area contributed by atoms with Gasteiger partial charge in [-0.3, -0.25) is 9.63 Å². The van der Waals surface area contributed by atoms with Gasteiger partial charge in [-0.2, -0.15) is 0 Å². The molecule has 2 aromatic carbocycles. The predicted octanol–water partition coefficient (Wildman–Crippen LogP) is 5.00. The molecular formula is C21H18F5NO2. The van der Waals surface area contributed by atoms with Gasteiger partial charge in [-0.15, -0.1) is 0 Å². The number of benzene rings is 2. The van der Waals surface area contributed by atoms with E-state index < -0.39 is 41.3 Å². The van der Waals surface area contributed by atoms with Crippen molar-refractivity contribution >= 4 is 5.91 Å². The van der Waals surface area contributed by atoms with Crippen LogP contribution >= 0.6 is 0 Å². The second-order valence-corrected chi connectivity index (χ2v) is 7.49. The maximum absolute atomic E-state index is 13.8. The summed E-state index contributed by atoms with van der Waals surface area (Å²) in [4.78, 5) is 17.6. The molecule has 1 saturated heterocycles. The molecule has 4 rings (SSSR count). The van der Waals surface area contributed by atoms with Gasteiger partial charge in [-0.1, -0.05) is 30.3 Å². The first-order valence-electron chi connectivity index (χ1n) is 9.38. The SMILES string of the molecule is O=C1C[C@@H]2C[C@H](c3ccccc3)CC[C@H]2N1OCc1c(F)c(F)c(F)c(F)c1F. The number of halogens is 5. The van der Waals surface area contributed by atoms with Gasteiger partial charge in [0.05, 0.1) is 11.6 Å². The lowest BCUT2D eigenvalue weighted by atomic mass is 9.75. The van der Waals surface area contributed by atoms with Crippen LogP contribution in [0.1, 0.15) is 42.7 Å². The van der Waals surface area contributed by atoms with Crippen molar-refractivity contribution in [3.8, 4) is 0 Å². The van der Waals surface area contributed by atoms with Crippen molar-refractivity contribution in [2.24, 2.45) is 5.92 Å². The molecule has 29 heavy (non-hydrogen) atoms. The zero-order valence-corrected chi connectivity index (χ0v) is 15.3. The molecule has 154 valence electrons. The fourth-order valence-electron chi connectivity index (χ4n) is 4.38. The van der Waals surface area contributed by atoms with E-state index in [1.807, 2.05) is 30.3 Å². The third kappa shape index (κ3) is 3.50. The van der Waals surface area contributed by atoms with Crippen molar-refractivity contribution in [3.63, 3.8) is 0 Å². The van der Waals surface area contributed by atoms with E-state index in [9.17, 15) is 26.7 Å². The minimum absolute atomic E-state index is 0.0119. The maximum atomic E-state index is 13.8. The molecule has 1 amide bonds. The molecule has 8 heteroatoms. The van der Waals surface area contributed by atoms with Crippen LogP contribution < -0.4 is 0 Å². The summed E-state index contributed by atoms with van der Waals surface area (Å²) in [6, 6.07) is 9.66. The quantitative estimate of drug-likeness (QED) is 0.403. The Labute approximate surface area is 164 Å². The molecule has 2 aromatic rings. The molecule has 0 spiro atoms. The smallest absolute Gasteiger partial charge is 0.246 e. The van der Waals surface area contributed by atoms with Crippen LogP contribution in [0.15, 0.2) is 30.3 Å².